The van der Waals surface area contributed by atoms with Gasteiger partial charge in [-0.15, -0.1) is 0 Å². The van der Waals surface area contributed by atoms with Crippen molar-refractivity contribution in [1.29, 1.82) is 0 Å². The van der Waals surface area contributed by atoms with Gasteiger partial charge in [0.25, 0.3) is 0 Å². The van der Waals surface area contributed by atoms with Crippen LogP contribution in [0.4, 0.5) is 16.3 Å². The molecule has 5 heteroatoms. The van der Waals surface area contributed by atoms with Gasteiger partial charge in [-0.2, -0.15) is 0 Å². The first-order valence-electron chi connectivity index (χ1n) is 6.44. The quantitative estimate of drug-likeness (QED) is 0.671. The minimum atomic E-state index is -0.385. The van der Waals surface area contributed by atoms with Gasteiger partial charge in [-0.3, -0.25) is 5.32 Å². The molecule has 21 heavy (non-hydrogen) atoms. The zero-order valence-electron chi connectivity index (χ0n) is 11.1. The fraction of sp³-hybridized carbons (Fsp3) is 0. The van der Waals surface area contributed by atoms with Crippen LogP contribution in [0.2, 0.25) is 0 Å². The molecule has 0 bridgehead atoms. The van der Waals surface area contributed by atoms with E-state index in [1.807, 2.05) is 6.07 Å². The van der Waals surface area contributed by atoms with E-state index < -0.39 is 0 Å². The van der Waals surface area contributed by atoms with Crippen LogP contribution in [0.3, 0.4) is 0 Å². The number of rotatable bonds is 2. The highest BCUT2D eigenvalue weighted by Crippen LogP contribution is 2.29. The van der Waals surface area contributed by atoms with Crippen LogP contribution in [0, 0.1) is 0 Å². The number of carbonyl (C=O) groups excluding carboxylic acids is 1. The molecule has 5 nitrogen and oxygen atoms in total. The van der Waals surface area contributed by atoms with Gasteiger partial charge in [-0.25, -0.2) is 9.78 Å². The maximum atomic E-state index is 12.0. The van der Waals surface area contributed by atoms with Gasteiger partial charge < -0.3 is 10.4 Å². The highest BCUT2D eigenvalue weighted by Gasteiger charge is 2.07. The van der Waals surface area contributed by atoms with Gasteiger partial charge >= 0.3 is 6.03 Å². The van der Waals surface area contributed by atoms with Crippen molar-refractivity contribution in [3.8, 4) is 5.75 Å². The number of urea groups is 1. The van der Waals surface area contributed by atoms with Crippen molar-refractivity contribution in [2.24, 2.45) is 0 Å². The normalized spacial score (nSPS) is 10.3. The Kier molecular flexibility index (Phi) is 3.39. The lowest BCUT2D eigenvalue weighted by Gasteiger charge is -2.10. The number of phenolic OH excluding ortho intramolecular Hbond substituents is 1. The van der Waals surface area contributed by atoms with Gasteiger partial charge in [0.1, 0.15) is 11.6 Å². The number of phenols is 1. The van der Waals surface area contributed by atoms with Crippen molar-refractivity contribution in [2.75, 3.05) is 10.6 Å². The van der Waals surface area contributed by atoms with E-state index in [0.717, 1.165) is 5.39 Å². The monoisotopic (exact) mass is 279 g/mol. The molecule has 1 heterocycles. The fourth-order valence-electron chi connectivity index (χ4n) is 2.11. The van der Waals surface area contributed by atoms with E-state index in [-0.39, 0.29) is 11.8 Å². The van der Waals surface area contributed by atoms with Crippen molar-refractivity contribution in [3.05, 3.63) is 60.8 Å². The molecule has 3 N–H and O–H groups in total. The van der Waals surface area contributed by atoms with Crippen LogP contribution in [-0.4, -0.2) is 16.1 Å². The number of nitrogens with one attached hydrogen (secondary N) is 2. The Hall–Kier alpha value is -3.08. The smallest absolute Gasteiger partial charge is 0.324 e. The van der Waals surface area contributed by atoms with Gasteiger partial charge in [-0.1, -0.05) is 30.3 Å². The summed E-state index contributed by atoms with van der Waals surface area (Å²) in [6, 6.07) is 15.4. The number of hydrogen-bond donors (Lipinski definition) is 3. The maximum absolute atomic E-state index is 12.0. The van der Waals surface area contributed by atoms with Crippen LogP contribution in [0.1, 0.15) is 0 Å². The van der Waals surface area contributed by atoms with Crippen LogP contribution in [0.15, 0.2) is 60.8 Å². The van der Waals surface area contributed by atoms with Crippen LogP contribution < -0.4 is 10.6 Å². The molecule has 0 aliphatic carbocycles. The Bertz CT molecular complexity index is 788. The molecular weight excluding hydrogens is 266 g/mol. The molecule has 104 valence electrons. The highest BCUT2D eigenvalue weighted by molar-refractivity contribution is 6.06. The number of nitrogens with zero attached hydrogens (tertiary/aromatic N) is 1. The van der Waals surface area contributed by atoms with Gasteiger partial charge in [0.05, 0.1) is 5.69 Å². The molecule has 0 aliphatic rings. The minimum Gasteiger partial charge on any atom is -0.507 e. The number of amides is 2. The molecule has 0 saturated carbocycles. The molecule has 0 saturated heterocycles. The third kappa shape index (κ3) is 2.76. The Morgan fingerprint density at radius 2 is 1.71 bits per heavy atom. The highest BCUT2D eigenvalue weighted by atomic mass is 16.3. The third-order valence-electron chi connectivity index (χ3n) is 3.05. The lowest BCUT2D eigenvalue weighted by Crippen LogP contribution is -2.20. The molecule has 2 amide bonds. The first kappa shape index (κ1) is 12.9. The molecule has 1 aromatic heterocycles. The van der Waals surface area contributed by atoms with Crippen molar-refractivity contribution >= 4 is 28.3 Å². The summed E-state index contributed by atoms with van der Waals surface area (Å²) in [6.45, 7) is 0. The molecular formula is C16H13N3O2. The van der Waals surface area contributed by atoms with Crippen molar-refractivity contribution in [1.82, 2.24) is 4.98 Å². The summed E-state index contributed by atoms with van der Waals surface area (Å²) in [5.74, 6) is 0.652. The number of aromatic hydroxyl groups is 1. The van der Waals surface area contributed by atoms with Gasteiger partial charge in [0.15, 0.2) is 0 Å². The Balaban J connectivity index is 1.85. The zero-order valence-corrected chi connectivity index (χ0v) is 11.1. The molecule has 2 aromatic carbocycles. The lowest BCUT2D eigenvalue weighted by atomic mass is 10.1. The topological polar surface area (TPSA) is 74.2 Å². The number of anilines is 2. The van der Waals surface area contributed by atoms with Crippen molar-refractivity contribution in [3.63, 3.8) is 0 Å². The van der Waals surface area contributed by atoms with E-state index in [0.29, 0.717) is 16.9 Å². The van der Waals surface area contributed by atoms with E-state index in [1.165, 1.54) is 0 Å². The molecule has 0 fully saturated rings. The summed E-state index contributed by atoms with van der Waals surface area (Å²) >= 11 is 0. The average Bonchev–Trinajstić information content (AvgIpc) is 2.49. The van der Waals surface area contributed by atoms with Crippen LogP contribution >= 0.6 is 0 Å². The summed E-state index contributed by atoms with van der Waals surface area (Å²) in [6.07, 6.45) is 1.60. The first-order valence-corrected chi connectivity index (χ1v) is 6.44. The SMILES string of the molecule is O=C(Nc1ccccn1)Nc1cccc2c(O)cccc12. The Morgan fingerprint density at radius 3 is 2.52 bits per heavy atom. The van der Waals surface area contributed by atoms with Crippen LogP contribution in [0.5, 0.6) is 5.75 Å². The fourth-order valence-corrected chi connectivity index (χ4v) is 2.11. The lowest BCUT2D eigenvalue weighted by molar-refractivity contribution is 0.262. The predicted molar refractivity (Wildman–Crippen MR) is 82.5 cm³/mol. The summed E-state index contributed by atoms with van der Waals surface area (Å²) in [7, 11) is 0. The molecule has 0 spiro atoms. The van der Waals surface area contributed by atoms with E-state index in [9.17, 15) is 9.90 Å². The van der Waals surface area contributed by atoms with Crippen LogP contribution in [0.25, 0.3) is 10.8 Å². The zero-order chi connectivity index (χ0) is 14.7. The number of hydrogen-bond acceptors (Lipinski definition) is 3. The number of fused-ring (bicyclic) bond motifs is 1. The van der Waals surface area contributed by atoms with E-state index >= 15 is 0 Å². The maximum Gasteiger partial charge on any atom is 0.324 e. The van der Waals surface area contributed by atoms with Crippen LogP contribution in [-0.2, 0) is 0 Å². The standard InChI is InChI=1S/C16H13N3O2/c20-14-8-4-5-11-12(14)6-3-7-13(11)18-16(21)19-15-9-1-2-10-17-15/h1-10,20H,(H2,17,18,19,21). The Morgan fingerprint density at radius 1 is 0.905 bits per heavy atom. The van der Waals surface area contributed by atoms with Crippen molar-refractivity contribution < 1.29 is 9.90 Å². The molecule has 0 atom stereocenters. The second kappa shape index (κ2) is 5.50. The number of carbonyl (C=O) groups is 1. The van der Waals surface area contributed by atoms with E-state index in [4.69, 9.17) is 0 Å². The average molecular weight is 279 g/mol. The number of benzene rings is 2. The number of pyridine rings is 1. The summed E-state index contributed by atoms with van der Waals surface area (Å²) in [5.41, 5.74) is 0.622. The van der Waals surface area contributed by atoms with Gasteiger partial charge in [0, 0.05) is 17.0 Å². The molecule has 0 radical (unpaired) electrons. The number of aromatic nitrogens is 1. The molecule has 0 aliphatic heterocycles. The molecule has 3 aromatic rings. The Labute approximate surface area is 121 Å². The van der Waals surface area contributed by atoms with Crippen molar-refractivity contribution in [2.45, 2.75) is 0 Å². The van der Waals surface area contributed by atoms with E-state index in [1.54, 1.807) is 54.7 Å². The van der Waals surface area contributed by atoms with E-state index in [2.05, 4.69) is 15.6 Å². The second-order valence-corrected chi connectivity index (χ2v) is 4.47. The predicted octanol–water partition coefficient (Wildman–Crippen LogP) is 3.58. The summed E-state index contributed by atoms with van der Waals surface area (Å²) in [5, 5.41) is 16.7. The third-order valence-corrected chi connectivity index (χ3v) is 3.05. The molecule has 3 rings (SSSR count). The minimum absolute atomic E-state index is 0.182. The van der Waals surface area contributed by atoms with Gasteiger partial charge in [-0.05, 0) is 24.3 Å². The first-order chi connectivity index (χ1) is 10.2. The molecule has 0 unspecified atom stereocenters. The largest absolute Gasteiger partial charge is 0.507 e. The van der Waals surface area contributed by atoms with Gasteiger partial charge in [0.2, 0.25) is 0 Å². The summed E-state index contributed by atoms with van der Waals surface area (Å²) < 4.78 is 0. The second-order valence-electron chi connectivity index (χ2n) is 4.47. The summed E-state index contributed by atoms with van der Waals surface area (Å²) in [4.78, 5) is 16.0.